The fourth-order valence-corrected chi connectivity index (χ4v) is 7.41. The monoisotopic (exact) mass is 388 g/mol. The van der Waals surface area contributed by atoms with E-state index in [0.29, 0.717) is 36.0 Å². The molecule has 1 aliphatic heterocycles. The van der Waals surface area contributed by atoms with Gasteiger partial charge in [0.1, 0.15) is 11.9 Å². The molecule has 0 N–H and O–H groups in total. The van der Waals surface area contributed by atoms with E-state index in [9.17, 15) is 9.59 Å². The maximum Gasteiger partial charge on any atom is 0.410 e. The quantitative estimate of drug-likeness (QED) is 0.780. The third-order valence-corrected chi connectivity index (χ3v) is 8.73. The molecule has 0 radical (unpaired) electrons. The van der Waals surface area contributed by atoms with Crippen LogP contribution in [0, 0.1) is 30.1 Å². The minimum absolute atomic E-state index is 0.0164. The van der Waals surface area contributed by atoms with Crippen molar-refractivity contribution in [2.24, 2.45) is 23.2 Å². The number of amides is 1. The molecule has 2 heterocycles. The first-order valence-corrected chi connectivity index (χ1v) is 11.2. The fraction of sp³-hybridized carbons (Fsp3) is 0.762. The van der Waals surface area contributed by atoms with Gasteiger partial charge in [-0.3, -0.25) is 4.79 Å². The van der Waals surface area contributed by atoms with Crippen LogP contribution in [0.2, 0.25) is 0 Å². The van der Waals surface area contributed by atoms with Crippen LogP contribution in [-0.2, 0) is 9.53 Å². The molecule has 5 fully saturated rings. The van der Waals surface area contributed by atoms with Crippen molar-refractivity contribution in [3.8, 4) is 0 Å². The summed E-state index contributed by atoms with van der Waals surface area (Å²) in [6, 6.07) is 0. The Kier molecular flexibility index (Phi) is 4.12. The second-order valence-corrected chi connectivity index (χ2v) is 10.3. The van der Waals surface area contributed by atoms with Gasteiger partial charge < -0.3 is 9.64 Å². The van der Waals surface area contributed by atoms with Crippen molar-refractivity contribution in [3.05, 3.63) is 16.1 Å². The Hall–Kier alpha value is -1.43. The number of nitrogens with zero attached hydrogens (tertiary/aromatic N) is 2. The molecule has 4 bridgehead atoms. The number of rotatable bonds is 3. The summed E-state index contributed by atoms with van der Waals surface area (Å²) in [6.07, 6.45) is 6.01. The molecule has 6 heteroatoms. The Balaban J connectivity index is 1.24. The van der Waals surface area contributed by atoms with E-state index in [4.69, 9.17) is 4.74 Å². The lowest BCUT2D eigenvalue weighted by atomic mass is 9.47. The summed E-state index contributed by atoms with van der Waals surface area (Å²) in [5.74, 6) is 2.11. The first-order valence-electron chi connectivity index (χ1n) is 10.3. The van der Waals surface area contributed by atoms with Crippen molar-refractivity contribution in [3.63, 3.8) is 0 Å². The second kappa shape index (κ2) is 6.29. The number of hydrogen-bond acceptors (Lipinski definition) is 5. The zero-order valence-corrected chi connectivity index (χ0v) is 17.0. The van der Waals surface area contributed by atoms with Gasteiger partial charge in [0.25, 0.3) is 0 Å². The van der Waals surface area contributed by atoms with E-state index in [2.05, 4.69) is 10.4 Å². The molecule has 5 nitrogen and oxygen atoms in total. The highest BCUT2D eigenvalue weighted by atomic mass is 32.1. The predicted octanol–water partition coefficient (Wildman–Crippen LogP) is 4.16. The average molecular weight is 389 g/mol. The number of ketones is 1. The summed E-state index contributed by atoms with van der Waals surface area (Å²) in [7, 11) is 0. The van der Waals surface area contributed by atoms with Crippen molar-refractivity contribution in [1.29, 1.82) is 0 Å². The Labute approximate surface area is 164 Å². The molecule has 1 aromatic heterocycles. The maximum atomic E-state index is 12.9. The molecule has 1 aromatic rings. The lowest BCUT2D eigenvalue weighted by Crippen LogP contribution is -2.57. The van der Waals surface area contributed by atoms with Crippen molar-refractivity contribution >= 4 is 23.2 Å². The number of ether oxygens (including phenoxy) is 1. The average Bonchev–Trinajstić information content (AvgIpc) is 3.26. The Morgan fingerprint density at radius 2 is 2.00 bits per heavy atom. The number of hydrogen-bond donors (Lipinski definition) is 0. The molecular formula is C21H28N2O3S. The minimum atomic E-state index is -0.153. The maximum absolute atomic E-state index is 12.9. The summed E-state index contributed by atoms with van der Waals surface area (Å²) in [5, 5.41) is 3.22. The van der Waals surface area contributed by atoms with Gasteiger partial charge in [0.15, 0.2) is 0 Å². The number of aromatic nitrogens is 1. The Morgan fingerprint density at radius 3 is 2.63 bits per heavy atom. The van der Waals surface area contributed by atoms with E-state index in [-0.39, 0.29) is 17.6 Å². The number of thiazole rings is 1. The molecule has 6 rings (SSSR count). The van der Waals surface area contributed by atoms with Gasteiger partial charge in [0.2, 0.25) is 0 Å². The number of Topliss-reactive ketones (excluding diaryl/α,β-unsaturated/α-hetero) is 1. The molecule has 1 amide bonds. The zero-order chi connectivity index (χ0) is 18.8. The third kappa shape index (κ3) is 2.91. The van der Waals surface area contributed by atoms with E-state index >= 15 is 0 Å². The summed E-state index contributed by atoms with van der Waals surface area (Å²) in [4.78, 5) is 31.6. The van der Waals surface area contributed by atoms with Crippen LogP contribution in [-0.4, -0.2) is 41.0 Å². The van der Waals surface area contributed by atoms with Gasteiger partial charge in [-0.25, -0.2) is 9.78 Å². The molecule has 3 unspecified atom stereocenters. The van der Waals surface area contributed by atoms with E-state index < -0.39 is 0 Å². The van der Waals surface area contributed by atoms with E-state index in [0.717, 1.165) is 55.8 Å². The molecule has 4 aliphatic carbocycles. The van der Waals surface area contributed by atoms with Gasteiger partial charge in [-0.2, -0.15) is 0 Å². The van der Waals surface area contributed by atoms with Crippen LogP contribution >= 0.6 is 11.3 Å². The minimum Gasteiger partial charge on any atom is -0.446 e. The summed E-state index contributed by atoms with van der Waals surface area (Å²) < 4.78 is 6.08. The topological polar surface area (TPSA) is 59.5 Å². The first-order chi connectivity index (χ1) is 12.9. The van der Waals surface area contributed by atoms with E-state index in [1.54, 1.807) is 18.3 Å². The second-order valence-electron chi connectivity index (χ2n) is 9.41. The molecular weight excluding hydrogens is 360 g/mol. The summed E-state index contributed by atoms with van der Waals surface area (Å²) >= 11 is 1.70. The number of carbonyl (C=O) groups is 2. The number of likely N-dealkylation sites (tertiary alicyclic amines) is 1. The number of carbonyl (C=O) groups excluding carboxylic acids is 2. The Bertz CT molecular complexity index is 759. The van der Waals surface area contributed by atoms with E-state index in [1.807, 2.05) is 11.8 Å². The third-order valence-electron chi connectivity index (χ3n) is 7.60. The van der Waals surface area contributed by atoms with E-state index in [1.165, 1.54) is 0 Å². The highest BCUT2D eigenvalue weighted by molar-refractivity contribution is 7.09. The number of aryl methyl sites for hydroxylation is 1. The highest BCUT2D eigenvalue weighted by Crippen LogP contribution is 2.61. The van der Waals surface area contributed by atoms with Gasteiger partial charge in [0, 0.05) is 35.5 Å². The summed E-state index contributed by atoms with van der Waals surface area (Å²) in [5.41, 5.74) is 0.949. The predicted molar refractivity (Wildman–Crippen MR) is 103 cm³/mol. The van der Waals surface area contributed by atoms with Crippen molar-refractivity contribution < 1.29 is 14.3 Å². The lowest BCUT2D eigenvalue weighted by molar-refractivity contribution is -0.160. The molecule has 146 valence electrons. The van der Waals surface area contributed by atoms with Crippen LogP contribution in [0.3, 0.4) is 0 Å². The molecule has 4 saturated carbocycles. The van der Waals surface area contributed by atoms with Crippen LogP contribution < -0.4 is 0 Å². The van der Waals surface area contributed by atoms with Gasteiger partial charge in [-0.05, 0) is 70.1 Å². The standard InChI is InChI=1S/C21H28N2O3S/c1-12-11-27-19(22-12)15-3-4-23(10-15)20(25)26-18-16-5-14-6-17(18)9-21(7-14,8-16)13(2)24/h11,14-18H,3-10H2,1-2H3. The van der Waals surface area contributed by atoms with Gasteiger partial charge in [-0.15, -0.1) is 11.3 Å². The highest BCUT2D eigenvalue weighted by Gasteiger charge is 2.58. The molecule has 1 saturated heterocycles. The van der Waals surface area contributed by atoms with Crippen molar-refractivity contribution in [1.82, 2.24) is 9.88 Å². The largest absolute Gasteiger partial charge is 0.446 e. The normalized spacial score (nSPS) is 39.8. The molecule has 5 aliphatic rings. The van der Waals surface area contributed by atoms with Gasteiger partial charge >= 0.3 is 6.09 Å². The van der Waals surface area contributed by atoms with Crippen LogP contribution in [0.1, 0.15) is 62.1 Å². The zero-order valence-electron chi connectivity index (χ0n) is 16.1. The van der Waals surface area contributed by atoms with Gasteiger partial charge in [-0.1, -0.05) is 0 Å². The van der Waals surface area contributed by atoms with Gasteiger partial charge in [0.05, 0.1) is 5.01 Å². The smallest absolute Gasteiger partial charge is 0.410 e. The van der Waals surface area contributed by atoms with Crippen LogP contribution in [0.4, 0.5) is 4.79 Å². The fourth-order valence-electron chi connectivity index (χ4n) is 6.48. The van der Waals surface area contributed by atoms with Crippen molar-refractivity contribution in [2.75, 3.05) is 13.1 Å². The lowest BCUT2D eigenvalue weighted by Gasteiger charge is -2.58. The molecule has 0 aromatic carbocycles. The molecule has 27 heavy (non-hydrogen) atoms. The van der Waals surface area contributed by atoms with Crippen LogP contribution in [0.25, 0.3) is 0 Å². The van der Waals surface area contributed by atoms with Crippen LogP contribution in [0.5, 0.6) is 0 Å². The SMILES string of the molecule is CC(=O)C12CC3CC(C1)C(OC(=O)N1CCC(c4nc(C)cs4)C1)C(C3)C2. The van der Waals surface area contributed by atoms with Crippen molar-refractivity contribution in [2.45, 2.75) is 64.4 Å². The first kappa shape index (κ1) is 17.7. The summed E-state index contributed by atoms with van der Waals surface area (Å²) in [6.45, 7) is 5.25. The molecule has 0 spiro atoms. The Morgan fingerprint density at radius 1 is 1.26 bits per heavy atom. The van der Waals surface area contributed by atoms with Crippen LogP contribution in [0.15, 0.2) is 5.38 Å². The molecule has 3 atom stereocenters.